The summed E-state index contributed by atoms with van der Waals surface area (Å²) in [6, 6.07) is 8.22. The maximum atomic E-state index is 12.7. The predicted octanol–water partition coefficient (Wildman–Crippen LogP) is 3.87. The average Bonchev–Trinajstić information content (AvgIpc) is 2.87. The second-order valence-electron chi connectivity index (χ2n) is 5.97. The normalized spacial score (nSPS) is 18.5. The molecule has 5 heteroatoms. The Hall–Kier alpha value is -1.88. The molecule has 1 aromatic heterocycles. The standard InChI is InChI=1S/C18H22N2O2S/c1-13-19-17(12-23-13)18(21)20-10-4-3-5-15(11-20)14-6-8-16(22-2)9-7-14/h6-9,12,15H,3-5,10-11H2,1-2H3/t15-/m0/s1. The van der Waals surface area contributed by atoms with Gasteiger partial charge in [-0.05, 0) is 37.5 Å². The van der Waals surface area contributed by atoms with Gasteiger partial charge in [-0.1, -0.05) is 18.6 Å². The quantitative estimate of drug-likeness (QED) is 0.858. The van der Waals surface area contributed by atoms with Crippen LogP contribution in [0, 0.1) is 6.92 Å². The monoisotopic (exact) mass is 330 g/mol. The highest BCUT2D eigenvalue weighted by Gasteiger charge is 2.25. The Morgan fingerprint density at radius 2 is 2.09 bits per heavy atom. The number of nitrogens with zero attached hydrogens (tertiary/aromatic N) is 2. The zero-order valence-corrected chi connectivity index (χ0v) is 14.4. The van der Waals surface area contributed by atoms with Crippen LogP contribution in [0.25, 0.3) is 0 Å². The van der Waals surface area contributed by atoms with Gasteiger partial charge in [-0.15, -0.1) is 11.3 Å². The molecule has 0 unspecified atom stereocenters. The van der Waals surface area contributed by atoms with E-state index in [1.54, 1.807) is 7.11 Å². The molecule has 1 aliphatic heterocycles. The zero-order valence-electron chi connectivity index (χ0n) is 13.6. The number of carbonyl (C=O) groups is 1. The molecule has 0 saturated carbocycles. The van der Waals surface area contributed by atoms with Crippen molar-refractivity contribution in [2.75, 3.05) is 20.2 Å². The number of amides is 1. The van der Waals surface area contributed by atoms with Gasteiger partial charge in [-0.3, -0.25) is 4.79 Å². The number of ether oxygens (including phenoxy) is 1. The van der Waals surface area contributed by atoms with Gasteiger partial charge in [0.05, 0.1) is 12.1 Å². The fourth-order valence-electron chi connectivity index (χ4n) is 3.10. The molecule has 122 valence electrons. The lowest BCUT2D eigenvalue weighted by Crippen LogP contribution is -2.34. The minimum atomic E-state index is 0.0646. The van der Waals surface area contributed by atoms with E-state index in [1.807, 2.05) is 29.3 Å². The van der Waals surface area contributed by atoms with Gasteiger partial charge in [-0.2, -0.15) is 0 Å². The number of hydrogen-bond donors (Lipinski definition) is 0. The lowest BCUT2D eigenvalue weighted by molar-refractivity contribution is 0.0749. The zero-order chi connectivity index (χ0) is 16.2. The van der Waals surface area contributed by atoms with Crippen molar-refractivity contribution in [2.45, 2.75) is 32.1 Å². The van der Waals surface area contributed by atoms with E-state index in [4.69, 9.17) is 4.74 Å². The minimum absolute atomic E-state index is 0.0646. The van der Waals surface area contributed by atoms with E-state index in [2.05, 4.69) is 17.1 Å². The van der Waals surface area contributed by atoms with E-state index in [9.17, 15) is 4.79 Å². The molecule has 2 aromatic rings. The van der Waals surface area contributed by atoms with Crippen LogP contribution in [0.4, 0.5) is 0 Å². The summed E-state index contributed by atoms with van der Waals surface area (Å²) in [6.07, 6.45) is 3.32. The van der Waals surface area contributed by atoms with Crippen molar-refractivity contribution < 1.29 is 9.53 Å². The summed E-state index contributed by atoms with van der Waals surface area (Å²) in [5.74, 6) is 1.31. The van der Waals surface area contributed by atoms with E-state index >= 15 is 0 Å². The molecule has 1 aliphatic rings. The van der Waals surface area contributed by atoms with Gasteiger partial charge in [0.25, 0.3) is 5.91 Å². The Balaban J connectivity index is 1.76. The van der Waals surface area contributed by atoms with Crippen molar-refractivity contribution in [2.24, 2.45) is 0 Å². The van der Waals surface area contributed by atoms with Crippen molar-refractivity contribution in [3.8, 4) is 5.75 Å². The summed E-state index contributed by atoms with van der Waals surface area (Å²) in [5, 5.41) is 2.81. The van der Waals surface area contributed by atoms with Crippen molar-refractivity contribution in [1.29, 1.82) is 0 Å². The SMILES string of the molecule is COc1ccc([C@H]2CCCCN(C(=O)c3csc(C)n3)C2)cc1. The first-order valence-electron chi connectivity index (χ1n) is 8.02. The Morgan fingerprint density at radius 3 is 2.74 bits per heavy atom. The van der Waals surface area contributed by atoms with Gasteiger partial charge >= 0.3 is 0 Å². The number of benzene rings is 1. The highest BCUT2D eigenvalue weighted by Crippen LogP contribution is 2.28. The Kier molecular flexibility index (Phi) is 4.96. The number of aromatic nitrogens is 1. The number of carbonyl (C=O) groups excluding carboxylic acids is 1. The molecular weight excluding hydrogens is 308 g/mol. The first kappa shape index (κ1) is 16.0. The van der Waals surface area contributed by atoms with E-state index in [0.717, 1.165) is 43.1 Å². The first-order valence-corrected chi connectivity index (χ1v) is 8.90. The van der Waals surface area contributed by atoms with E-state index < -0.39 is 0 Å². The second kappa shape index (κ2) is 7.13. The van der Waals surface area contributed by atoms with Crippen molar-refractivity contribution in [3.05, 3.63) is 45.9 Å². The Morgan fingerprint density at radius 1 is 1.30 bits per heavy atom. The fourth-order valence-corrected chi connectivity index (χ4v) is 3.69. The van der Waals surface area contributed by atoms with Crippen LogP contribution < -0.4 is 4.74 Å². The summed E-state index contributed by atoms with van der Waals surface area (Å²) < 4.78 is 5.23. The van der Waals surface area contributed by atoms with Crippen molar-refractivity contribution in [1.82, 2.24) is 9.88 Å². The van der Waals surface area contributed by atoms with Crippen molar-refractivity contribution >= 4 is 17.2 Å². The number of thiazole rings is 1. The van der Waals surface area contributed by atoms with Gasteiger partial charge in [0.2, 0.25) is 0 Å². The summed E-state index contributed by atoms with van der Waals surface area (Å²) in [5.41, 5.74) is 1.86. The maximum Gasteiger partial charge on any atom is 0.273 e. The van der Waals surface area contributed by atoms with Crippen LogP contribution in [0.2, 0.25) is 0 Å². The Bertz CT molecular complexity index is 666. The molecule has 0 spiro atoms. The third-order valence-corrected chi connectivity index (χ3v) is 5.16. The molecule has 4 nitrogen and oxygen atoms in total. The lowest BCUT2D eigenvalue weighted by atomic mass is 9.94. The molecule has 0 radical (unpaired) electrons. The summed E-state index contributed by atoms with van der Waals surface area (Å²) in [7, 11) is 1.68. The van der Waals surface area contributed by atoms with Crippen LogP contribution in [0.5, 0.6) is 5.75 Å². The second-order valence-corrected chi connectivity index (χ2v) is 7.03. The molecule has 1 saturated heterocycles. The molecular formula is C18H22N2O2S. The first-order chi connectivity index (χ1) is 11.2. The highest BCUT2D eigenvalue weighted by molar-refractivity contribution is 7.09. The molecule has 0 N–H and O–H groups in total. The molecule has 1 aromatic carbocycles. The molecule has 1 amide bonds. The molecule has 2 heterocycles. The third kappa shape index (κ3) is 3.72. The maximum absolute atomic E-state index is 12.7. The highest BCUT2D eigenvalue weighted by atomic mass is 32.1. The molecule has 1 fully saturated rings. The van der Waals surface area contributed by atoms with Gasteiger partial charge in [-0.25, -0.2) is 4.98 Å². The van der Waals surface area contributed by atoms with Gasteiger partial charge in [0, 0.05) is 24.4 Å². The van der Waals surface area contributed by atoms with Crippen LogP contribution in [0.15, 0.2) is 29.6 Å². The molecule has 1 atom stereocenters. The third-order valence-electron chi connectivity index (χ3n) is 4.38. The van der Waals surface area contributed by atoms with Gasteiger partial charge in [0.1, 0.15) is 11.4 Å². The van der Waals surface area contributed by atoms with Crippen LogP contribution in [0.3, 0.4) is 0 Å². The minimum Gasteiger partial charge on any atom is -0.497 e. The van der Waals surface area contributed by atoms with E-state index in [1.165, 1.54) is 16.9 Å². The summed E-state index contributed by atoms with van der Waals surface area (Å²) >= 11 is 1.53. The number of methoxy groups -OCH3 is 1. The number of likely N-dealkylation sites (tertiary alicyclic amines) is 1. The predicted molar refractivity (Wildman–Crippen MR) is 92.3 cm³/mol. The van der Waals surface area contributed by atoms with Crippen LogP contribution in [-0.4, -0.2) is 36.0 Å². The average molecular weight is 330 g/mol. The van der Waals surface area contributed by atoms with E-state index in [-0.39, 0.29) is 5.91 Å². The van der Waals surface area contributed by atoms with Crippen LogP contribution in [-0.2, 0) is 0 Å². The summed E-state index contributed by atoms with van der Waals surface area (Å²) in [6.45, 7) is 3.52. The smallest absolute Gasteiger partial charge is 0.273 e. The number of rotatable bonds is 3. The van der Waals surface area contributed by atoms with Crippen LogP contribution >= 0.6 is 11.3 Å². The molecule has 0 aliphatic carbocycles. The summed E-state index contributed by atoms with van der Waals surface area (Å²) in [4.78, 5) is 19.0. The lowest BCUT2D eigenvalue weighted by Gasteiger charge is -2.24. The molecule has 23 heavy (non-hydrogen) atoms. The van der Waals surface area contributed by atoms with Gasteiger partial charge in [0.15, 0.2) is 0 Å². The van der Waals surface area contributed by atoms with E-state index in [0.29, 0.717) is 11.6 Å². The molecule has 3 rings (SSSR count). The van der Waals surface area contributed by atoms with Crippen molar-refractivity contribution in [3.63, 3.8) is 0 Å². The fraction of sp³-hybridized carbons (Fsp3) is 0.444. The molecule has 0 bridgehead atoms. The largest absolute Gasteiger partial charge is 0.497 e. The Labute approximate surface area is 141 Å². The number of aryl methyl sites for hydroxylation is 1. The number of hydrogen-bond acceptors (Lipinski definition) is 4. The van der Waals surface area contributed by atoms with Gasteiger partial charge < -0.3 is 9.64 Å². The topological polar surface area (TPSA) is 42.4 Å². The van der Waals surface area contributed by atoms with Crippen LogP contribution in [0.1, 0.15) is 46.2 Å².